The van der Waals surface area contributed by atoms with E-state index in [2.05, 4.69) is 10.6 Å². The van der Waals surface area contributed by atoms with Crippen molar-refractivity contribution in [3.8, 4) is 5.75 Å². The van der Waals surface area contributed by atoms with Crippen LogP contribution < -0.4 is 15.4 Å². The van der Waals surface area contributed by atoms with Crippen LogP contribution in [-0.4, -0.2) is 56.6 Å². The fourth-order valence-corrected chi connectivity index (χ4v) is 4.78. The molecule has 0 radical (unpaired) electrons. The van der Waals surface area contributed by atoms with Gasteiger partial charge in [-0.25, -0.2) is 13.2 Å². The molecule has 10 heteroatoms. The zero-order valence-electron chi connectivity index (χ0n) is 18.7. The summed E-state index contributed by atoms with van der Waals surface area (Å²) in [5.74, 6) is -0.00590. The van der Waals surface area contributed by atoms with Crippen LogP contribution in [0.1, 0.15) is 53.4 Å². The van der Waals surface area contributed by atoms with Gasteiger partial charge in [-0.2, -0.15) is 4.31 Å². The number of carbonyl (C=O) groups is 2. The molecule has 0 spiro atoms. The summed E-state index contributed by atoms with van der Waals surface area (Å²) < 4.78 is 38.1. The van der Waals surface area contributed by atoms with Gasteiger partial charge in [0, 0.05) is 31.7 Å². The van der Waals surface area contributed by atoms with Crippen molar-refractivity contribution < 1.29 is 27.5 Å². The summed E-state index contributed by atoms with van der Waals surface area (Å²) in [6.45, 7) is 8.69. The zero-order valence-corrected chi connectivity index (χ0v) is 19.5. The molecule has 1 aromatic rings. The van der Waals surface area contributed by atoms with Gasteiger partial charge in [0.25, 0.3) is 0 Å². The number of anilines is 1. The third-order valence-electron chi connectivity index (χ3n) is 4.46. The molecule has 0 atom stereocenters. The number of hydrogen-bond acceptors (Lipinski definition) is 6. The van der Waals surface area contributed by atoms with Gasteiger partial charge in [-0.3, -0.25) is 4.79 Å². The monoisotopic (exact) mass is 455 g/mol. The zero-order chi connectivity index (χ0) is 23.1. The number of nitrogens with zero attached hydrogens (tertiary/aromatic N) is 1. The quantitative estimate of drug-likeness (QED) is 0.553. The van der Waals surface area contributed by atoms with Crippen molar-refractivity contribution in [3.63, 3.8) is 0 Å². The highest BCUT2D eigenvalue weighted by Crippen LogP contribution is 2.31. The van der Waals surface area contributed by atoms with Crippen molar-refractivity contribution in [2.24, 2.45) is 0 Å². The lowest BCUT2D eigenvalue weighted by Crippen LogP contribution is -2.33. The lowest BCUT2D eigenvalue weighted by Gasteiger charge is -2.19. The topological polar surface area (TPSA) is 114 Å². The fourth-order valence-electron chi connectivity index (χ4n) is 3.11. The maximum absolute atomic E-state index is 13.0. The molecule has 1 saturated heterocycles. The minimum absolute atomic E-state index is 0.0562. The van der Waals surface area contributed by atoms with Crippen LogP contribution in [0, 0.1) is 0 Å². The van der Waals surface area contributed by atoms with E-state index in [-0.39, 0.29) is 23.0 Å². The Balaban J connectivity index is 1.97. The first-order chi connectivity index (χ1) is 14.5. The van der Waals surface area contributed by atoms with Crippen LogP contribution in [0.5, 0.6) is 5.75 Å². The standard InChI is InChI=1S/C21H33N3O6S/c1-5-29-17-11-10-16(15-18(17)31(27,28)24-13-6-7-14-24)23-19(25)9-8-12-22-20(26)30-21(2,3)4/h10-11,15H,5-9,12-14H2,1-4H3,(H,22,26)(H,23,25). The minimum Gasteiger partial charge on any atom is -0.492 e. The molecule has 0 aromatic heterocycles. The van der Waals surface area contributed by atoms with Crippen LogP contribution >= 0.6 is 0 Å². The molecule has 1 aromatic carbocycles. The van der Waals surface area contributed by atoms with Crippen LogP contribution in [0.25, 0.3) is 0 Å². The first-order valence-corrected chi connectivity index (χ1v) is 12.0. The minimum atomic E-state index is -3.70. The first-order valence-electron chi connectivity index (χ1n) is 10.6. The Kier molecular flexibility index (Phi) is 8.69. The van der Waals surface area contributed by atoms with Crippen molar-refractivity contribution in [2.75, 3.05) is 31.6 Å². The van der Waals surface area contributed by atoms with Gasteiger partial charge in [0.1, 0.15) is 16.2 Å². The van der Waals surface area contributed by atoms with Gasteiger partial charge in [0.05, 0.1) is 6.61 Å². The predicted octanol–water partition coefficient (Wildman–Crippen LogP) is 3.11. The molecule has 2 amide bonds. The number of nitrogens with one attached hydrogen (secondary N) is 2. The van der Waals surface area contributed by atoms with Crippen molar-refractivity contribution in [3.05, 3.63) is 18.2 Å². The van der Waals surface area contributed by atoms with Gasteiger partial charge in [-0.05, 0) is 65.2 Å². The van der Waals surface area contributed by atoms with Gasteiger partial charge in [0.2, 0.25) is 15.9 Å². The molecule has 0 saturated carbocycles. The lowest BCUT2D eigenvalue weighted by molar-refractivity contribution is -0.116. The van der Waals surface area contributed by atoms with Crippen LogP contribution in [0.4, 0.5) is 10.5 Å². The second kappa shape index (κ2) is 10.8. The van der Waals surface area contributed by atoms with Crippen molar-refractivity contribution in [1.82, 2.24) is 9.62 Å². The van der Waals surface area contributed by atoms with E-state index in [0.29, 0.717) is 38.3 Å². The summed E-state index contributed by atoms with van der Waals surface area (Å²) in [6, 6.07) is 4.62. The Morgan fingerprint density at radius 3 is 2.45 bits per heavy atom. The van der Waals surface area contributed by atoms with Gasteiger partial charge in [-0.15, -0.1) is 0 Å². The molecule has 0 aliphatic carbocycles. The third kappa shape index (κ3) is 7.70. The highest BCUT2D eigenvalue weighted by molar-refractivity contribution is 7.89. The van der Waals surface area contributed by atoms with Gasteiger partial charge < -0.3 is 20.1 Å². The summed E-state index contributed by atoms with van der Waals surface area (Å²) in [5, 5.41) is 5.32. The van der Waals surface area contributed by atoms with Crippen LogP contribution in [-0.2, 0) is 19.6 Å². The normalized spacial score (nSPS) is 14.8. The third-order valence-corrected chi connectivity index (χ3v) is 6.38. The fraction of sp³-hybridized carbons (Fsp3) is 0.619. The van der Waals surface area contributed by atoms with Gasteiger partial charge >= 0.3 is 6.09 Å². The van der Waals surface area contributed by atoms with Crippen LogP contribution in [0.3, 0.4) is 0 Å². The molecule has 1 heterocycles. The Morgan fingerprint density at radius 1 is 1.16 bits per heavy atom. The molecule has 0 unspecified atom stereocenters. The van der Waals surface area contributed by atoms with E-state index in [1.54, 1.807) is 39.8 Å². The molecule has 0 bridgehead atoms. The molecular weight excluding hydrogens is 422 g/mol. The molecule has 1 aliphatic rings. The molecular formula is C21H33N3O6S. The Hall–Kier alpha value is -2.33. The summed E-state index contributed by atoms with van der Waals surface area (Å²) in [7, 11) is -3.70. The van der Waals surface area contributed by atoms with E-state index in [4.69, 9.17) is 9.47 Å². The van der Waals surface area contributed by atoms with Gasteiger partial charge in [-0.1, -0.05) is 0 Å². The van der Waals surface area contributed by atoms with Crippen molar-refractivity contribution >= 4 is 27.7 Å². The largest absolute Gasteiger partial charge is 0.492 e. The van der Waals surface area contributed by atoms with E-state index < -0.39 is 21.7 Å². The second-order valence-corrected chi connectivity index (χ2v) is 10.2. The molecule has 2 N–H and O–H groups in total. The number of amides is 2. The smallest absolute Gasteiger partial charge is 0.407 e. The van der Waals surface area contributed by atoms with Crippen LogP contribution in [0.2, 0.25) is 0 Å². The number of alkyl carbamates (subject to hydrolysis) is 1. The van der Waals surface area contributed by atoms with E-state index >= 15 is 0 Å². The molecule has 9 nitrogen and oxygen atoms in total. The van der Waals surface area contributed by atoms with E-state index in [1.807, 2.05) is 0 Å². The highest BCUT2D eigenvalue weighted by Gasteiger charge is 2.30. The summed E-state index contributed by atoms with van der Waals surface area (Å²) in [4.78, 5) is 23.9. The first kappa shape index (κ1) is 24.9. The maximum Gasteiger partial charge on any atom is 0.407 e. The molecule has 2 rings (SSSR count). The summed E-state index contributed by atoms with van der Waals surface area (Å²) >= 11 is 0. The average molecular weight is 456 g/mol. The Labute approximate surface area is 184 Å². The van der Waals surface area contributed by atoms with Gasteiger partial charge in [0.15, 0.2) is 0 Å². The molecule has 1 aliphatic heterocycles. The molecule has 1 fully saturated rings. The summed E-state index contributed by atoms with van der Waals surface area (Å²) in [5.41, 5.74) is -0.200. The average Bonchev–Trinajstić information content (AvgIpc) is 3.21. The van der Waals surface area contributed by atoms with E-state index in [0.717, 1.165) is 12.8 Å². The number of hydrogen-bond donors (Lipinski definition) is 2. The predicted molar refractivity (Wildman–Crippen MR) is 118 cm³/mol. The highest BCUT2D eigenvalue weighted by atomic mass is 32.2. The maximum atomic E-state index is 13.0. The number of rotatable bonds is 9. The number of sulfonamides is 1. The van der Waals surface area contributed by atoms with E-state index in [1.165, 1.54) is 10.4 Å². The van der Waals surface area contributed by atoms with Crippen LogP contribution in [0.15, 0.2) is 23.1 Å². The Bertz CT molecular complexity index is 874. The molecule has 174 valence electrons. The second-order valence-electron chi connectivity index (χ2n) is 8.29. The summed E-state index contributed by atoms with van der Waals surface area (Å²) in [6.07, 6.45) is 1.71. The number of benzene rings is 1. The van der Waals surface area contributed by atoms with Crippen molar-refractivity contribution in [1.29, 1.82) is 0 Å². The molecule has 31 heavy (non-hydrogen) atoms. The number of carbonyl (C=O) groups excluding carboxylic acids is 2. The number of ether oxygens (including phenoxy) is 2. The SMILES string of the molecule is CCOc1ccc(NC(=O)CCCNC(=O)OC(C)(C)C)cc1S(=O)(=O)N1CCCC1. The lowest BCUT2D eigenvalue weighted by atomic mass is 10.2. The Morgan fingerprint density at radius 2 is 1.84 bits per heavy atom. The van der Waals surface area contributed by atoms with Crippen molar-refractivity contribution in [2.45, 2.75) is 63.9 Å². The van der Waals surface area contributed by atoms with E-state index in [9.17, 15) is 18.0 Å².